The van der Waals surface area contributed by atoms with Gasteiger partial charge in [0.25, 0.3) is 0 Å². The van der Waals surface area contributed by atoms with Crippen molar-refractivity contribution in [2.24, 2.45) is 5.92 Å². The molecule has 0 aromatic rings. The molecular weight excluding hydrogens is 220 g/mol. The normalized spacial score (nSPS) is 12.6. The second-order valence-corrected chi connectivity index (χ2v) is 3.84. The first kappa shape index (κ1) is 11.9. The van der Waals surface area contributed by atoms with Crippen molar-refractivity contribution < 1.29 is 9.53 Å². The highest BCUT2D eigenvalue weighted by Gasteiger charge is 2.05. The van der Waals surface area contributed by atoms with Gasteiger partial charge in [-0.2, -0.15) is 0 Å². The molecule has 0 bridgehead atoms. The summed E-state index contributed by atoms with van der Waals surface area (Å²) in [6.07, 6.45) is 3.87. The van der Waals surface area contributed by atoms with E-state index in [1.807, 2.05) is 0 Å². The van der Waals surface area contributed by atoms with Crippen molar-refractivity contribution in [3.8, 4) is 0 Å². The van der Waals surface area contributed by atoms with Crippen LogP contribution in [0.3, 0.4) is 0 Å². The van der Waals surface area contributed by atoms with Gasteiger partial charge in [0.15, 0.2) is 0 Å². The summed E-state index contributed by atoms with van der Waals surface area (Å²) >= 11 is 3.38. The Morgan fingerprint density at radius 1 is 1.50 bits per heavy atom. The van der Waals surface area contributed by atoms with Crippen LogP contribution in [0.4, 0.5) is 0 Å². The molecule has 0 saturated heterocycles. The first-order valence-corrected chi connectivity index (χ1v) is 5.45. The Bertz CT molecular complexity index is 126. The van der Waals surface area contributed by atoms with Crippen molar-refractivity contribution in [2.75, 3.05) is 12.4 Å². The Kier molecular flexibility index (Phi) is 7.56. The molecular formula is C9H17BrO2. The van der Waals surface area contributed by atoms with E-state index >= 15 is 0 Å². The van der Waals surface area contributed by atoms with Gasteiger partial charge in [-0.15, -0.1) is 0 Å². The number of hydrogen-bond donors (Lipinski definition) is 0. The molecule has 0 amide bonds. The standard InChI is InChI=1S/C9H17BrO2/c1-8(4-3-7-10)5-6-9(11)12-2/h8H,3-7H2,1-2H3. The fourth-order valence-electron chi connectivity index (χ4n) is 1.04. The lowest BCUT2D eigenvalue weighted by Gasteiger charge is -2.08. The molecule has 0 heterocycles. The number of halogens is 1. The van der Waals surface area contributed by atoms with Gasteiger partial charge in [0.1, 0.15) is 0 Å². The molecule has 1 unspecified atom stereocenters. The van der Waals surface area contributed by atoms with Gasteiger partial charge >= 0.3 is 5.97 Å². The minimum Gasteiger partial charge on any atom is -0.469 e. The van der Waals surface area contributed by atoms with Crippen LogP contribution in [0.25, 0.3) is 0 Å². The Hall–Kier alpha value is -0.0500. The van der Waals surface area contributed by atoms with Crippen LogP contribution in [-0.2, 0) is 9.53 Å². The fraction of sp³-hybridized carbons (Fsp3) is 0.889. The summed E-state index contributed by atoms with van der Waals surface area (Å²) < 4.78 is 4.56. The first-order valence-electron chi connectivity index (χ1n) is 4.33. The molecule has 1 atom stereocenters. The molecule has 0 aromatic heterocycles. The Morgan fingerprint density at radius 3 is 2.67 bits per heavy atom. The van der Waals surface area contributed by atoms with Gasteiger partial charge in [-0.25, -0.2) is 0 Å². The minimum absolute atomic E-state index is 0.0966. The number of hydrogen-bond acceptors (Lipinski definition) is 2. The summed E-state index contributed by atoms with van der Waals surface area (Å²) in [5, 5.41) is 1.05. The largest absolute Gasteiger partial charge is 0.469 e. The van der Waals surface area contributed by atoms with E-state index < -0.39 is 0 Å². The molecule has 72 valence electrons. The lowest BCUT2D eigenvalue weighted by molar-refractivity contribution is -0.140. The van der Waals surface area contributed by atoms with E-state index in [1.54, 1.807) is 0 Å². The lowest BCUT2D eigenvalue weighted by atomic mass is 10.0. The molecule has 0 rings (SSSR count). The van der Waals surface area contributed by atoms with Gasteiger partial charge in [-0.05, 0) is 25.2 Å². The van der Waals surface area contributed by atoms with Crippen LogP contribution in [0.1, 0.15) is 32.6 Å². The maximum Gasteiger partial charge on any atom is 0.305 e. The molecule has 0 radical (unpaired) electrons. The van der Waals surface area contributed by atoms with Crippen LogP contribution in [0.5, 0.6) is 0 Å². The van der Waals surface area contributed by atoms with Crippen LogP contribution < -0.4 is 0 Å². The molecule has 0 spiro atoms. The summed E-state index contributed by atoms with van der Waals surface area (Å²) in [6, 6.07) is 0. The highest BCUT2D eigenvalue weighted by molar-refractivity contribution is 9.09. The first-order chi connectivity index (χ1) is 5.70. The molecule has 0 aliphatic rings. The highest BCUT2D eigenvalue weighted by Crippen LogP contribution is 2.13. The monoisotopic (exact) mass is 236 g/mol. The van der Waals surface area contributed by atoms with Gasteiger partial charge in [0.05, 0.1) is 7.11 Å². The van der Waals surface area contributed by atoms with E-state index in [4.69, 9.17) is 0 Å². The Labute approximate surface area is 82.8 Å². The smallest absolute Gasteiger partial charge is 0.305 e. The highest BCUT2D eigenvalue weighted by atomic mass is 79.9. The van der Waals surface area contributed by atoms with Crippen LogP contribution in [0, 0.1) is 5.92 Å². The van der Waals surface area contributed by atoms with Crippen LogP contribution in [-0.4, -0.2) is 18.4 Å². The average molecular weight is 237 g/mol. The maximum atomic E-state index is 10.8. The molecule has 12 heavy (non-hydrogen) atoms. The van der Waals surface area contributed by atoms with Crippen molar-refractivity contribution in [3.63, 3.8) is 0 Å². The summed E-state index contributed by atoms with van der Waals surface area (Å²) in [5.41, 5.74) is 0. The molecule has 0 aromatic carbocycles. The van der Waals surface area contributed by atoms with Crippen molar-refractivity contribution in [1.29, 1.82) is 0 Å². The summed E-state index contributed by atoms with van der Waals surface area (Å²) in [6.45, 7) is 2.17. The summed E-state index contributed by atoms with van der Waals surface area (Å²) in [4.78, 5) is 10.8. The zero-order valence-corrected chi connectivity index (χ0v) is 9.39. The molecule has 0 aliphatic carbocycles. The predicted octanol–water partition coefficient (Wildman–Crippen LogP) is 2.75. The second-order valence-electron chi connectivity index (χ2n) is 3.05. The van der Waals surface area contributed by atoms with E-state index in [0.717, 1.165) is 11.8 Å². The third-order valence-corrected chi connectivity index (χ3v) is 2.46. The molecule has 3 heteroatoms. The average Bonchev–Trinajstić information content (AvgIpc) is 2.10. The lowest BCUT2D eigenvalue weighted by Crippen LogP contribution is -2.04. The van der Waals surface area contributed by atoms with Crippen molar-refractivity contribution in [2.45, 2.75) is 32.6 Å². The molecule has 0 fully saturated rings. The molecule has 2 nitrogen and oxygen atoms in total. The van der Waals surface area contributed by atoms with Crippen LogP contribution >= 0.6 is 15.9 Å². The molecule has 0 aliphatic heterocycles. The zero-order chi connectivity index (χ0) is 9.40. The minimum atomic E-state index is -0.0966. The van der Waals surface area contributed by atoms with Gasteiger partial charge < -0.3 is 4.74 Å². The molecule has 0 N–H and O–H groups in total. The zero-order valence-electron chi connectivity index (χ0n) is 7.81. The van der Waals surface area contributed by atoms with E-state index in [0.29, 0.717) is 12.3 Å². The van der Waals surface area contributed by atoms with E-state index in [9.17, 15) is 4.79 Å². The predicted molar refractivity (Wildman–Crippen MR) is 53.4 cm³/mol. The van der Waals surface area contributed by atoms with Gasteiger partial charge in [-0.3, -0.25) is 4.79 Å². The van der Waals surface area contributed by atoms with Gasteiger partial charge in [-0.1, -0.05) is 22.9 Å². The van der Waals surface area contributed by atoms with E-state index in [1.165, 1.54) is 20.0 Å². The van der Waals surface area contributed by atoms with Crippen molar-refractivity contribution >= 4 is 21.9 Å². The number of esters is 1. The fourth-order valence-corrected chi connectivity index (χ4v) is 1.36. The number of methoxy groups -OCH3 is 1. The number of carbonyl (C=O) groups excluding carboxylic acids is 1. The van der Waals surface area contributed by atoms with Crippen LogP contribution in [0.15, 0.2) is 0 Å². The maximum absolute atomic E-state index is 10.8. The number of ether oxygens (including phenoxy) is 1. The van der Waals surface area contributed by atoms with Gasteiger partial charge in [0.2, 0.25) is 0 Å². The van der Waals surface area contributed by atoms with Crippen LogP contribution in [0.2, 0.25) is 0 Å². The quantitative estimate of drug-likeness (QED) is 0.524. The second kappa shape index (κ2) is 7.59. The van der Waals surface area contributed by atoms with Crippen molar-refractivity contribution in [3.05, 3.63) is 0 Å². The SMILES string of the molecule is COC(=O)CCC(C)CCCBr. The third-order valence-electron chi connectivity index (χ3n) is 1.90. The summed E-state index contributed by atoms with van der Waals surface area (Å²) in [7, 11) is 1.44. The Morgan fingerprint density at radius 2 is 2.17 bits per heavy atom. The Balaban J connectivity index is 3.30. The number of rotatable bonds is 6. The molecule has 0 saturated carbocycles. The third kappa shape index (κ3) is 6.65. The number of alkyl halides is 1. The number of carbonyl (C=O) groups is 1. The van der Waals surface area contributed by atoms with Gasteiger partial charge in [0, 0.05) is 11.8 Å². The summed E-state index contributed by atoms with van der Waals surface area (Å²) in [5.74, 6) is 0.530. The van der Waals surface area contributed by atoms with E-state index in [-0.39, 0.29) is 5.97 Å². The van der Waals surface area contributed by atoms with Crippen molar-refractivity contribution in [1.82, 2.24) is 0 Å². The van der Waals surface area contributed by atoms with E-state index in [2.05, 4.69) is 27.6 Å². The topological polar surface area (TPSA) is 26.3 Å².